The van der Waals surface area contributed by atoms with Crippen molar-refractivity contribution in [2.45, 2.75) is 41.5 Å². The fourth-order valence-electron chi connectivity index (χ4n) is 2.27. The maximum Gasteiger partial charge on any atom is 0.374 e. The van der Waals surface area contributed by atoms with Gasteiger partial charge in [0.25, 0.3) is 0 Å². The van der Waals surface area contributed by atoms with Gasteiger partial charge in [0.2, 0.25) is 0 Å². The molecule has 116 valence electrons. The van der Waals surface area contributed by atoms with Gasteiger partial charge in [-0.25, -0.2) is 9.97 Å². The first-order valence-electron chi connectivity index (χ1n) is 7.22. The topological polar surface area (TPSA) is 71.9 Å². The molecule has 5 nitrogen and oxygen atoms in total. The first kappa shape index (κ1) is 16.8. The lowest BCUT2D eigenvalue weighted by Gasteiger charge is -2.10. The first-order valence-corrected chi connectivity index (χ1v) is 7.22. The fourth-order valence-corrected chi connectivity index (χ4v) is 2.27. The molecule has 0 bridgehead atoms. The molecule has 0 aromatic carbocycles. The molecule has 2 aromatic rings. The smallest absolute Gasteiger partial charge is 0.374 e. The molecule has 0 fully saturated rings. The minimum atomic E-state index is 0.142. The third kappa shape index (κ3) is 2.87. The van der Waals surface area contributed by atoms with Crippen LogP contribution >= 0.6 is 0 Å². The van der Waals surface area contributed by atoms with Crippen LogP contribution in [-0.2, 0) is 4.65 Å². The third-order valence-electron chi connectivity index (χ3n) is 4.21. The van der Waals surface area contributed by atoms with Crippen LogP contribution in [0.2, 0.25) is 0 Å². The number of aromatic nitrogens is 2. The van der Waals surface area contributed by atoms with E-state index >= 15 is 0 Å². The molecule has 0 aliphatic carbocycles. The fraction of sp³-hybridized carbons (Fsp3) is 0.353. The Morgan fingerprint density at radius 3 is 1.96 bits per heavy atom. The van der Waals surface area contributed by atoms with Crippen molar-refractivity contribution < 1.29 is 9.07 Å². The van der Waals surface area contributed by atoms with Gasteiger partial charge in [0.1, 0.15) is 17.4 Å². The van der Waals surface area contributed by atoms with Crippen molar-refractivity contribution in [1.29, 1.82) is 5.26 Å². The van der Waals surface area contributed by atoms with Crippen LogP contribution in [0.25, 0.3) is 11.3 Å². The Labute approximate surface area is 137 Å². The molecule has 0 aliphatic rings. The van der Waals surface area contributed by atoms with E-state index in [0.717, 1.165) is 33.8 Å². The molecule has 0 atom stereocenters. The van der Waals surface area contributed by atoms with Crippen LogP contribution in [-0.4, -0.2) is 18.0 Å². The number of hydrogen-bond donors (Lipinski definition) is 0. The zero-order valence-electron chi connectivity index (χ0n) is 14.2. The van der Waals surface area contributed by atoms with Gasteiger partial charge in [0.05, 0.1) is 0 Å². The molecule has 2 radical (unpaired) electrons. The van der Waals surface area contributed by atoms with Crippen LogP contribution in [0.15, 0.2) is 4.42 Å². The van der Waals surface area contributed by atoms with E-state index in [1.54, 1.807) is 0 Å². The number of hydrogen-bond acceptors (Lipinski definition) is 5. The summed E-state index contributed by atoms with van der Waals surface area (Å²) < 4.78 is 10.7. The second-order valence-electron chi connectivity index (χ2n) is 5.51. The van der Waals surface area contributed by atoms with Crippen molar-refractivity contribution in [3.8, 4) is 6.07 Å². The Balaban J connectivity index is 2.75. The lowest BCUT2D eigenvalue weighted by Crippen LogP contribution is -2.04. The van der Waals surface area contributed by atoms with Crippen LogP contribution < -0.4 is 0 Å². The Kier molecular flexibility index (Phi) is 4.60. The molecule has 0 spiro atoms. The molecule has 0 saturated heterocycles. The van der Waals surface area contributed by atoms with Crippen molar-refractivity contribution in [2.75, 3.05) is 0 Å². The number of aryl methyl sites for hydroxylation is 3. The molecule has 0 amide bonds. The molecule has 2 rings (SSSR count). The first-order chi connectivity index (χ1) is 10.8. The highest BCUT2D eigenvalue weighted by Gasteiger charge is 2.22. The quantitative estimate of drug-likeness (QED) is 0.493. The summed E-state index contributed by atoms with van der Waals surface area (Å²) in [4.78, 5) is 8.78. The highest BCUT2D eigenvalue weighted by Crippen LogP contribution is 2.32. The molecular formula is C17H18BN3O2. The van der Waals surface area contributed by atoms with E-state index in [1.165, 1.54) is 0 Å². The summed E-state index contributed by atoms with van der Waals surface area (Å²) in [7, 11) is 5.43. The van der Waals surface area contributed by atoms with Crippen LogP contribution in [0.4, 0.5) is 0 Å². The maximum absolute atomic E-state index is 9.60. The highest BCUT2D eigenvalue weighted by molar-refractivity contribution is 6.05. The van der Waals surface area contributed by atoms with Crippen LogP contribution in [0.1, 0.15) is 45.4 Å². The summed E-state index contributed by atoms with van der Waals surface area (Å²) >= 11 is 0. The van der Waals surface area contributed by atoms with E-state index in [1.807, 2.05) is 41.5 Å². The summed E-state index contributed by atoms with van der Waals surface area (Å²) in [5, 5.41) is 9.60. The lowest BCUT2D eigenvalue weighted by atomic mass is 10.1. The average Bonchev–Trinajstić information content (AvgIpc) is 2.77. The molecule has 6 heteroatoms. The monoisotopic (exact) mass is 307 g/mol. The van der Waals surface area contributed by atoms with Crippen LogP contribution in [0.3, 0.4) is 0 Å². The molecule has 0 unspecified atom stereocenters. The van der Waals surface area contributed by atoms with Crippen LogP contribution in [0.5, 0.6) is 0 Å². The van der Waals surface area contributed by atoms with E-state index in [-0.39, 0.29) is 17.2 Å². The summed E-state index contributed by atoms with van der Waals surface area (Å²) in [6.07, 6.45) is 0. The lowest BCUT2D eigenvalue weighted by molar-refractivity contribution is 0.473. The van der Waals surface area contributed by atoms with Gasteiger partial charge in [0.15, 0.2) is 17.3 Å². The van der Waals surface area contributed by atoms with E-state index < -0.39 is 0 Å². The van der Waals surface area contributed by atoms with Crippen molar-refractivity contribution >= 4 is 19.4 Å². The van der Waals surface area contributed by atoms with Crippen molar-refractivity contribution in [2.24, 2.45) is 0 Å². The number of rotatable bonds is 3. The summed E-state index contributed by atoms with van der Waals surface area (Å²) in [5.41, 5.74) is 4.61. The molecule has 2 aromatic heterocycles. The predicted molar refractivity (Wildman–Crippen MR) is 88.4 cm³/mol. The van der Waals surface area contributed by atoms with E-state index in [9.17, 15) is 5.26 Å². The Morgan fingerprint density at radius 1 is 1.00 bits per heavy atom. The zero-order valence-corrected chi connectivity index (χ0v) is 14.2. The summed E-state index contributed by atoms with van der Waals surface area (Å²) in [6, 6.07) is 2.09. The minimum Gasteiger partial charge on any atom is -0.564 e. The van der Waals surface area contributed by atoms with Gasteiger partial charge in [-0.3, -0.25) is 0 Å². The number of furan rings is 1. The molecule has 0 aliphatic heterocycles. The van der Waals surface area contributed by atoms with Crippen molar-refractivity contribution in [3.63, 3.8) is 0 Å². The second-order valence-corrected chi connectivity index (χ2v) is 5.51. The summed E-state index contributed by atoms with van der Waals surface area (Å²) in [5.74, 6) is 1.60. The second kappa shape index (κ2) is 6.29. The van der Waals surface area contributed by atoms with Crippen molar-refractivity contribution in [1.82, 2.24) is 9.97 Å². The van der Waals surface area contributed by atoms with Gasteiger partial charge >= 0.3 is 8.05 Å². The molecule has 23 heavy (non-hydrogen) atoms. The highest BCUT2D eigenvalue weighted by atomic mass is 16.4. The van der Waals surface area contributed by atoms with Gasteiger partial charge in [-0.2, -0.15) is 5.26 Å². The van der Waals surface area contributed by atoms with Gasteiger partial charge in [-0.05, 0) is 52.7 Å². The number of nitrogens with zero attached hydrogens (tertiary/aromatic N) is 3. The molecule has 0 N–H and O–H groups in total. The molecular weight excluding hydrogens is 289 g/mol. The van der Waals surface area contributed by atoms with E-state index in [4.69, 9.17) is 17.1 Å². The van der Waals surface area contributed by atoms with Gasteiger partial charge in [0, 0.05) is 17.0 Å². The van der Waals surface area contributed by atoms with Gasteiger partial charge in [-0.15, -0.1) is 0 Å². The molecule has 0 saturated carbocycles. The van der Waals surface area contributed by atoms with E-state index in [0.29, 0.717) is 5.76 Å². The minimum absolute atomic E-state index is 0.142. The van der Waals surface area contributed by atoms with Crippen LogP contribution in [0, 0.1) is 52.9 Å². The Morgan fingerprint density at radius 2 is 1.57 bits per heavy atom. The zero-order chi connectivity index (χ0) is 17.3. The van der Waals surface area contributed by atoms with E-state index in [2.05, 4.69) is 16.0 Å². The number of nitriles is 1. The average molecular weight is 307 g/mol. The third-order valence-corrected chi connectivity index (χ3v) is 4.21. The largest absolute Gasteiger partial charge is 0.564 e. The SMILES string of the molecule is [B]OC(=C(C#N)c1nc(C)c(C)c(C)n1)c1oc(C)c(C)c1C. The predicted octanol–water partition coefficient (Wildman–Crippen LogP) is 3.41. The van der Waals surface area contributed by atoms with Crippen molar-refractivity contribution in [3.05, 3.63) is 45.4 Å². The maximum atomic E-state index is 9.60. The summed E-state index contributed by atoms with van der Waals surface area (Å²) in [6.45, 7) is 11.4. The standard InChI is InChI=1S/C17H18BN3O2/c1-8-9(2)15(22-13(8)6)16(23-18)14(7-19)17-20-11(4)10(3)12(5)21-17/h1-6H3. The normalized spacial score (nSPS) is 11.9. The Hall–Kier alpha value is -2.55. The Bertz CT molecular complexity index is 821. The van der Waals surface area contributed by atoms with Gasteiger partial charge in [-0.1, -0.05) is 0 Å². The number of allylic oxidation sites excluding steroid dienone is 1. The molecule has 2 heterocycles. The van der Waals surface area contributed by atoms with Gasteiger partial charge < -0.3 is 9.07 Å².